The molecule has 2 amide bonds. The summed E-state index contributed by atoms with van der Waals surface area (Å²) in [4.78, 5) is 33.7. The van der Waals surface area contributed by atoms with Crippen molar-refractivity contribution in [3.8, 4) is 0 Å². The van der Waals surface area contributed by atoms with Gasteiger partial charge in [0.15, 0.2) is 0 Å². The summed E-state index contributed by atoms with van der Waals surface area (Å²) in [5, 5.41) is 13.8. The lowest BCUT2D eigenvalue weighted by Crippen LogP contribution is -2.44. The van der Waals surface area contributed by atoms with Crippen LogP contribution in [0.5, 0.6) is 0 Å². The average molecular weight is 317 g/mol. The normalized spacial score (nSPS) is 16.0. The summed E-state index contributed by atoms with van der Waals surface area (Å²) in [5.41, 5.74) is 6.27. The van der Waals surface area contributed by atoms with E-state index in [1.165, 1.54) is 11.8 Å². The molecular weight excluding hydrogens is 298 g/mol. The molecule has 1 heterocycles. The highest BCUT2D eigenvalue weighted by Crippen LogP contribution is 2.15. The topological polar surface area (TPSA) is 131 Å². The lowest BCUT2D eigenvalue weighted by atomic mass is 10.2. The van der Waals surface area contributed by atoms with E-state index in [0.717, 1.165) is 0 Å². The summed E-state index contributed by atoms with van der Waals surface area (Å²) in [6.07, 6.45) is 0.314. The van der Waals surface area contributed by atoms with Gasteiger partial charge in [0, 0.05) is 11.4 Å². The Morgan fingerprint density at radius 3 is 2.86 bits per heavy atom. The number of carboxylic acids is 1. The number of carbonyl (C=O) groups excluding carboxylic acids is 2. The molecule has 1 rings (SSSR count). The van der Waals surface area contributed by atoms with Crippen molar-refractivity contribution in [2.24, 2.45) is 5.73 Å². The van der Waals surface area contributed by atoms with Crippen molar-refractivity contribution in [2.45, 2.75) is 19.4 Å². The van der Waals surface area contributed by atoms with Crippen molar-refractivity contribution in [1.82, 2.24) is 10.6 Å². The molecule has 1 aliphatic heterocycles. The zero-order chi connectivity index (χ0) is 15.8. The van der Waals surface area contributed by atoms with Crippen LogP contribution in [0.25, 0.3) is 0 Å². The maximum atomic E-state index is 11.8. The molecule has 0 radical (unpaired) electrons. The van der Waals surface area contributed by atoms with Crippen LogP contribution in [0.15, 0.2) is 11.3 Å². The van der Waals surface area contributed by atoms with Gasteiger partial charge in [-0.2, -0.15) is 11.8 Å². The Labute approximate surface area is 126 Å². The highest BCUT2D eigenvalue weighted by Gasteiger charge is 2.23. The van der Waals surface area contributed by atoms with E-state index in [9.17, 15) is 14.4 Å². The Hall–Kier alpha value is -1.74. The van der Waals surface area contributed by atoms with Gasteiger partial charge in [-0.05, 0) is 19.1 Å². The first-order valence-corrected chi connectivity index (χ1v) is 7.61. The smallest absolute Gasteiger partial charge is 0.337 e. The Bertz CT molecular complexity index is 452. The zero-order valence-corrected chi connectivity index (χ0v) is 12.5. The maximum Gasteiger partial charge on any atom is 0.337 e. The first-order valence-electron chi connectivity index (χ1n) is 6.45. The number of amides is 2. The fourth-order valence-electron chi connectivity index (χ4n) is 1.58. The molecule has 5 N–H and O–H groups in total. The van der Waals surface area contributed by atoms with Gasteiger partial charge in [0.1, 0.15) is 6.04 Å². The summed E-state index contributed by atoms with van der Waals surface area (Å²) in [6.45, 7) is 2.08. The molecule has 0 saturated carbocycles. The molecular formula is C12H19N3O5S. The minimum absolute atomic E-state index is 0.120. The van der Waals surface area contributed by atoms with Gasteiger partial charge in [-0.25, -0.2) is 9.59 Å². The first kappa shape index (κ1) is 17.3. The van der Waals surface area contributed by atoms with Crippen LogP contribution in [-0.2, 0) is 14.3 Å². The minimum atomic E-state index is -1.04. The molecule has 0 aromatic rings. The number of ether oxygens (including phenoxy) is 1. The minimum Gasteiger partial charge on any atom is -0.480 e. The molecule has 0 aromatic carbocycles. The van der Waals surface area contributed by atoms with Gasteiger partial charge in [-0.15, -0.1) is 0 Å². The van der Waals surface area contributed by atoms with E-state index in [1.807, 2.05) is 0 Å². The van der Waals surface area contributed by atoms with Gasteiger partial charge >= 0.3 is 18.0 Å². The molecule has 0 bridgehead atoms. The van der Waals surface area contributed by atoms with E-state index in [1.54, 1.807) is 6.92 Å². The number of carbonyl (C=O) groups is 3. The van der Waals surface area contributed by atoms with E-state index >= 15 is 0 Å². The Morgan fingerprint density at radius 1 is 1.52 bits per heavy atom. The van der Waals surface area contributed by atoms with Crippen molar-refractivity contribution >= 4 is 29.7 Å². The molecule has 118 valence electrons. The Balaban J connectivity index is 2.56. The average Bonchev–Trinajstić information content (AvgIpc) is 2.43. The second kappa shape index (κ2) is 8.53. The highest BCUT2D eigenvalue weighted by molar-refractivity contribution is 7.99. The van der Waals surface area contributed by atoms with Crippen LogP contribution >= 0.6 is 11.8 Å². The molecule has 1 aliphatic rings. The highest BCUT2D eigenvalue weighted by atomic mass is 32.2. The lowest BCUT2D eigenvalue weighted by molar-refractivity contribution is -0.139. The van der Waals surface area contributed by atoms with Crippen molar-refractivity contribution in [2.75, 3.05) is 24.7 Å². The van der Waals surface area contributed by atoms with Gasteiger partial charge in [-0.3, -0.25) is 4.79 Å². The molecule has 1 atom stereocenters. The molecule has 0 aromatic heterocycles. The molecule has 0 aliphatic carbocycles. The van der Waals surface area contributed by atoms with Crippen LogP contribution in [-0.4, -0.2) is 53.8 Å². The van der Waals surface area contributed by atoms with Crippen LogP contribution < -0.4 is 16.4 Å². The summed E-state index contributed by atoms with van der Waals surface area (Å²) >= 11 is 1.40. The molecule has 0 spiro atoms. The lowest BCUT2D eigenvalue weighted by Gasteiger charge is -2.21. The van der Waals surface area contributed by atoms with Crippen LogP contribution in [0.3, 0.4) is 0 Å². The predicted molar refractivity (Wildman–Crippen MR) is 77.7 cm³/mol. The van der Waals surface area contributed by atoms with Gasteiger partial charge < -0.3 is 26.2 Å². The number of hydrogen-bond donors (Lipinski definition) is 4. The number of rotatable bonds is 8. The van der Waals surface area contributed by atoms with Gasteiger partial charge in [0.25, 0.3) is 0 Å². The summed E-state index contributed by atoms with van der Waals surface area (Å²) in [5.74, 6) is -0.621. The number of aliphatic carboxylic acids is 1. The third kappa shape index (κ3) is 5.64. The maximum absolute atomic E-state index is 11.8. The molecule has 1 unspecified atom stereocenters. The zero-order valence-electron chi connectivity index (χ0n) is 11.7. The van der Waals surface area contributed by atoms with Crippen molar-refractivity contribution in [1.29, 1.82) is 0 Å². The van der Waals surface area contributed by atoms with E-state index < -0.39 is 18.0 Å². The number of esters is 1. The fourth-order valence-corrected chi connectivity index (χ4v) is 2.59. The van der Waals surface area contributed by atoms with Crippen molar-refractivity contribution in [3.05, 3.63) is 11.3 Å². The Kier molecular flexibility index (Phi) is 7.03. The molecule has 0 fully saturated rings. The van der Waals surface area contributed by atoms with Crippen LogP contribution in [0.2, 0.25) is 0 Å². The number of hydrogen-bond acceptors (Lipinski definition) is 6. The first-order chi connectivity index (χ1) is 9.95. The van der Waals surface area contributed by atoms with Crippen LogP contribution in [0.1, 0.15) is 13.3 Å². The third-order valence-corrected chi connectivity index (χ3v) is 3.73. The van der Waals surface area contributed by atoms with E-state index in [0.29, 0.717) is 29.2 Å². The molecule has 21 heavy (non-hydrogen) atoms. The van der Waals surface area contributed by atoms with Gasteiger partial charge in [0.05, 0.1) is 18.7 Å². The van der Waals surface area contributed by atoms with Gasteiger partial charge in [0.2, 0.25) is 0 Å². The Morgan fingerprint density at radius 2 is 2.24 bits per heavy atom. The molecule has 0 saturated heterocycles. The molecule has 8 nitrogen and oxygen atoms in total. The van der Waals surface area contributed by atoms with E-state index in [2.05, 4.69) is 10.6 Å². The number of urea groups is 1. The molecule has 9 heteroatoms. The van der Waals surface area contributed by atoms with Gasteiger partial charge in [-0.1, -0.05) is 0 Å². The second-order valence-corrected chi connectivity index (χ2v) is 5.38. The third-order valence-electron chi connectivity index (χ3n) is 2.71. The van der Waals surface area contributed by atoms with Crippen molar-refractivity contribution < 1.29 is 24.2 Å². The summed E-state index contributed by atoms with van der Waals surface area (Å²) in [7, 11) is 0. The van der Waals surface area contributed by atoms with Crippen molar-refractivity contribution in [3.63, 3.8) is 0 Å². The number of carboxylic acid groups (broad SMARTS) is 1. The van der Waals surface area contributed by atoms with E-state index in [4.69, 9.17) is 15.6 Å². The summed E-state index contributed by atoms with van der Waals surface area (Å²) < 4.78 is 4.93. The number of thioether (sulfide) groups is 1. The quantitative estimate of drug-likeness (QED) is 0.355. The van der Waals surface area contributed by atoms with Crippen LogP contribution in [0.4, 0.5) is 4.79 Å². The standard InChI is InChI=1S/C12H19N3O5S/c1-2-20-11(18)7-5-14-12(19)15-9(7)6-21-4-3-8(13)10(16)17/h8H,2-6,13H2,1H3,(H,16,17)(H2,14,15,19). The predicted octanol–water partition coefficient (Wildman–Crippen LogP) is -0.348. The fraction of sp³-hybridized carbons (Fsp3) is 0.583. The van der Waals surface area contributed by atoms with Crippen LogP contribution in [0, 0.1) is 0 Å². The summed E-state index contributed by atoms with van der Waals surface area (Å²) in [6, 6.07) is -1.28. The second-order valence-electron chi connectivity index (χ2n) is 4.27. The number of nitrogens with two attached hydrogens (primary N) is 1. The number of nitrogens with one attached hydrogen (secondary N) is 2. The van der Waals surface area contributed by atoms with E-state index in [-0.39, 0.29) is 19.2 Å². The monoisotopic (exact) mass is 317 g/mol. The largest absolute Gasteiger partial charge is 0.480 e. The SMILES string of the molecule is CCOC(=O)C1=C(CSCCC(N)C(=O)O)NC(=O)NC1.